The van der Waals surface area contributed by atoms with Crippen LogP contribution in [0.25, 0.3) is 0 Å². The standard InChI is InChI=1S/C13H19BrN2O/c1-7-13(14)11(16(2)15-7)6-12(17)10-4-8-3-9(8)5-10/h8-10,12,17H,3-6H2,1-2H3. The minimum absolute atomic E-state index is 0.200. The number of halogens is 1. The fourth-order valence-electron chi connectivity index (χ4n) is 3.34. The quantitative estimate of drug-likeness (QED) is 0.931. The Morgan fingerprint density at radius 3 is 2.59 bits per heavy atom. The van der Waals surface area contributed by atoms with Crippen molar-refractivity contribution in [3.05, 3.63) is 15.9 Å². The van der Waals surface area contributed by atoms with Gasteiger partial charge in [-0.15, -0.1) is 0 Å². The fourth-order valence-corrected chi connectivity index (χ4v) is 3.84. The van der Waals surface area contributed by atoms with Crippen LogP contribution in [0.3, 0.4) is 0 Å². The van der Waals surface area contributed by atoms with Crippen molar-refractivity contribution in [2.45, 2.75) is 38.7 Å². The van der Waals surface area contributed by atoms with Gasteiger partial charge in [0.15, 0.2) is 0 Å². The zero-order valence-electron chi connectivity index (χ0n) is 10.4. The molecule has 1 aromatic rings. The predicted molar refractivity (Wildman–Crippen MR) is 69.7 cm³/mol. The number of hydrogen-bond acceptors (Lipinski definition) is 2. The Hall–Kier alpha value is -0.350. The largest absolute Gasteiger partial charge is 0.392 e. The molecule has 1 heterocycles. The summed E-state index contributed by atoms with van der Waals surface area (Å²) in [7, 11) is 1.95. The molecule has 2 fully saturated rings. The Kier molecular flexibility index (Phi) is 2.82. The third-order valence-corrected chi connectivity index (χ3v) is 5.52. The molecule has 0 amide bonds. The van der Waals surface area contributed by atoms with E-state index in [-0.39, 0.29) is 6.10 Å². The Balaban J connectivity index is 1.69. The molecule has 3 rings (SSSR count). The summed E-state index contributed by atoms with van der Waals surface area (Å²) < 4.78 is 2.94. The third-order valence-electron chi connectivity index (χ3n) is 4.49. The first-order valence-corrected chi connectivity index (χ1v) is 7.21. The van der Waals surface area contributed by atoms with Gasteiger partial charge in [0.25, 0.3) is 0 Å². The summed E-state index contributed by atoms with van der Waals surface area (Å²) in [6, 6.07) is 0. The second kappa shape index (κ2) is 4.09. The van der Waals surface area contributed by atoms with Gasteiger partial charge in [0.1, 0.15) is 0 Å². The molecule has 0 spiro atoms. The molecule has 2 aliphatic carbocycles. The number of nitrogens with zero attached hydrogens (tertiary/aromatic N) is 2. The lowest BCUT2D eigenvalue weighted by atomic mass is 9.93. The summed E-state index contributed by atoms with van der Waals surface area (Å²) in [4.78, 5) is 0. The van der Waals surface area contributed by atoms with Crippen molar-refractivity contribution >= 4 is 15.9 Å². The van der Waals surface area contributed by atoms with Gasteiger partial charge in [0.05, 0.1) is 22.0 Å². The van der Waals surface area contributed by atoms with Crippen LogP contribution in [0.2, 0.25) is 0 Å². The Morgan fingerprint density at radius 2 is 2.06 bits per heavy atom. The summed E-state index contributed by atoms with van der Waals surface area (Å²) in [5, 5.41) is 14.7. The lowest BCUT2D eigenvalue weighted by molar-refractivity contribution is 0.102. The predicted octanol–water partition coefficient (Wildman–Crippen LogP) is 2.44. The van der Waals surface area contributed by atoms with E-state index in [1.807, 2.05) is 18.7 Å². The lowest BCUT2D eigenvalue weighted by Gasteiger charge is -2.19. The van der Waals surface area contributed by atoms with Gasteiger partial charge in [-0.05, 0) is 59.9 Å². The van der Waals surface area contributed by atoms with Crippen LogP contribution in [0, 0.1) is 24.7 Å². The molecule has 0 bridgehead atoms. The van der Waals surface area contributed by atoms with Crippen LogP contribution in [0.4, 0.5) is 0 Å². The molecule has 0 aliphatic heterocycles. The molecule has 0 saturated heterocycles. The van der Waals surface area contributed by atoms with E-state index in [0.29, 0.717) is 5.92 Å². The lowest BCUT2D eigenvalue weighted by Crippen LogP contribution is -2.23. The summed E-state index contributed by atoms with van der Waals surface area (Å²) in [5.74, 6) is 2.39. The Bertz CT molecular complexity index is 433. The molecule has 1 aromatic heterocycles. The van der Waals surface area contributed by atoms with Crippen LogP contribution in [-0.2, 0) is 13.5 Å². The molecule has 17 heavy (non-hydrogen) atoms. The van der Waals surface area contributed by atoms with E-state index < -0.39 is 0 Å². The number of aryl methyl sites for hydroxylation is 2. The molecular weight excluding hydrogens is 280 g/mol. The van der Waals surface area contributed by atoms with Crippen molar-refractivity contribution < 1.29 is 5.11 Å². The minimum Gasteiger partial charge on any atom is -0.392 e. The zero-order valence-corrected chi connectivity index (χ0v) is 11.9. The van der Waals surface area contributed by atoms with E-state index in [1.165, 1.54) is 19.3 Å². The van der Waals surface area contributed by atoms with E-state index in [1.54, 1.807) is 0 Å². The van der Waals surface area contributed by atoms with Gasteiger partial charge >= 0.3 is 0 Å². The summed E-state index contributed by atoms with van der Waals surface area (Å²) in [6.45, 7) is 1.99. The smallest absolute Gasteiger partial charge is 0.0738 e. The molecule has 3 atom stereocenters. The zero-order chi connectivity index (χ0) is 12.2. The van der Waals surface area contributed by atoms with Crippen molar-refractivity contribution in [3.8, 4) is 0 Å². The van der Waals surface area contributed by atoms with Crippen molar-refractivity contribution in [2.24, 2.45) is 24.8 Å². The molecule has 2 saturated carbocycles. The van der Waals surface area contributed by atoms with Crippen LogP contribution in [0.1, 0.15) is 30.7 Å². The summed E-state index contributed by atoms with van der Waals surface area (Å²) in [6.07, 6.45) is 4.41. The van der Waals surface area contributed by atoms with E-state index in [9.17, 15) is 5.11 Å². The van der Waals surface area contributed by atoms with Crippen LogP contribution in [0.5, 0.6) is 0 Å². The van der Waals surface area contributed by atoms with Crippen LogP contribution >= 0.6 is 15.9 Å². The topological polar surface area (TPSA) is 38.0 Å². The Morgan fingerprint density at radius 1 is 1.41 bits per heavy atom. The average molecular weight is 299 g/mol. The maximum Gasteiger partial charge on any atom is 0.0738 e. The van der Waals surface area contributed by atoms with Crippen LogP contribution < -0.4 is 0 Å². The molecule has 0 radical (unpaired) electrons. The minimum atomic E-state index is -0.200. The van der Waals surface area contributed by atoms with Gasteiger partial charge in [0.2, 0.25) is 0 Å². The average Bonchev–Trinajstić information content (AvgIpc) is 2.83. The van der Waals surface area contributed by atoms with Crippen molar-refractivity contribution in [2.75, 3.05) is 0 Å². The van der Waals surface area contributed by atoms with E-state index in [4.69, 9.17) is 0 Å². The van der Waals surface area contributed by atoms with Crippen molar-refractivity contribution in [1.82, 2.24) is 9.78 Å². The summed E-state index contributed by atoms with van der Waals surface area (Å²) >= 11 is 3.56. The fraction of sp³-hybridized carbons (Fsp3) is 0.769. The van der Waals surface area contributed by atoms with Gasteiger partial charge in [-0.2, -0.15) is 5.10 Å². The van der Waals surface area contributed by atoms with Gasteiger partial charge in [-0.3, -0.25) is 4.68 Å². The third kappa shape index (κ3) is 2.06. The van der Waals surface area contributed by atoms with Gasteiger partial charge in [-0.25, -0.2) is 0 Å². The molecule has 3 nitrogen and oxygen atoms in total. The number of aliphatic hydroxyl groups is 1. The van der Waals surface area contributed by atoms with Crippen molar-refractivity contribution in [3.63, 3.8) is 0 Å². The van der Waals surface area contributed by atoms with E-state index in [0.717, 1.165) is 34.1 Å². The molecule has 1 N–H and O–H groups in total. The normalized spacial score (nSPS) is 32.6. The maximum absolute atomic E-state index is 10.3. The highest BCUT2D eigenvalue weighted by Gasteiger charge is 2.47. The SMILES string of the molecule is Cc1nn(C)c(CC(O)C2CC3CC3C2)c1Br. The van der Waals surface area contributed by atoms with Gasteiger partial charge in [-0.1, -0.05) is 0 Å². The molecule has 94 valence electrons. The number of aliphatic hydroxyl groups excluding tert-OH is 1. The molecule has 0 aromatic carbocycles. The monoisotopic (exact) mass is 298 g/mol. The molecule has 4 heteroatoms. The first kappa shape index (κ1) is 11.7. The first-order chi connectivity index (χ1) is 8.06. The second-order valence-corrected chi connectivity index (χ2v) is 6.52. The number of hydrogen-bond donors (Lipinski definition) is 1. The molecular formula is C13H19BrN2O. The number of fused-ring (bicyclic) bond motifs is 1. The van der Waals surface area contributed by atoms with Gasteiger partial charge < -0.3 is 5.11 Å². The van der Waals surface area contributed by atoms with Crippen LogP contribution in [0.15, 0.2) is 4.47 Å². The number of rotatable bonds is 3. The molecule has 2 aliphatic rings. The van der Waals surface area contributed by atoms with Crippen LogP contribution in [-0.4, -0.2) is 21.0 Å². The second-order valence-electron chi connectivity index (χ2n) is 5.73. The first-order valence-electron chi connectivity index (χ1n) is 6.42. The summed E-state index contributed by atoms with van der Waals surface area (Å²) in [5.41, 5.74) is 2.12. The molecule has 3 unspecified atom stereocenters. The highest BCUT2D eigenvalue weighted by Crippen LogP contribution is 2.55. The highest BCUT2D eigenvalue weighted by atomic mass is 79.9. The van der Waals surface area contributed by atoms with E-state index in [2.05, 4.69) is 21.0 Å². The van der Waals surface area contributed by atoms with Gasteiger partial charge in [0, 0.05) is 13.5 Å². The van der Waals surface area contributed by atoms with Crippen molar-refractivity contribution in [1.29, 1.82) is 0 Å². The maximum atomic E-state index is 10.3. The van der Waals surface area contributed by atoms with E-state index >= 15 is 0 Å². The highest BCUT2D eigenvalue weighted by molar-refractivity contribution is 9.10. The number of aromatic nitrogens is 2. The Labute approximate surface area is 110 Å².